The second-order valence-electron chi connectivity index (χ2n) is 5.69. The molecule has 2 aromatic carbocycles. The Morgan fingerprint density at radius 2 is 1.69 bits per heavy atom. The number of hydrogen-bond acceptors (Lipinski definition) is 4. The van der Waals surface area contributed by atoms with E-state index in [1.54, 1.807) is 27.4 Å². The zero-order chi connectivity index (χ0) is 18.9. The second kappa shape index (κ2) is 9.51. The lowest BCUT2D eigenvalue weighted by atomic mass is 10.0. The van der Waals surface area contributed by atoms with Crippen LogP contribution in [0.1, 0.15) is 30.5 Å². The predicted molar refractivity (Wildman–Crippen MR) is 103 cm³/mol. The van der Waals surface area contributed by atoms with Gasteiger partial charge >= 0.3 is 0 Å². The van der Waals surface area contributed by atoms with E-state index in [1.165, 1.54) is 6.08 Å². The first-order valence-electron chi connectivity index (χ1n) is 8.45. The molecular weight excluding hydrogens is 330 g/mol. The molecule has 0 aromatic heterocycles. The maximum atomic E-state index is 12.3. The summed E-state index contributed by atoms with van der Waals surface area (Å²) in [4.78, 5) is 12.3. The van der Waals surface area contributed by atoms with E-state index in [1.807, 2.05) is 49.4 Å². The van der Waals surface area contributed by atoms with E-state index in [-0.39, 0.29) is 11.9 Å². The van der Waals surface area contributed by atoms with Crippen LogP contribution in [0.4, 0.5) is 0 Å². The van der Waals surface area contributed by atoms with Crippen molar-refractivity contribution in [2.45, 2.75) is 19.4 Å². The molecule has 0 bridgehead atoms. The number of rotatable bonds is 8. The molecule has 0 saturated heterocycles. The first-order valence-corrected chi connectivity index (χ1v) is 8.45. The Kier molecular flexibility index (Phi) is 7.09. The minimum Gasteiger partial charge on any atom is -0.497 e. The van der Waals surface area contributed by atoms with E-state index >= 15 is 0 Å². The standard InChI is InChI=1S/C21H25NO4/c1-5-18(16-8-10-17(24-2)11-9-16)22-21(23)13-7-15-6-12-19(25-3)20(14-15)26-4/h6-14,18H,5H2,1-4H3,(H,22,23)/b13-7+. The Morgan fingerprint density at radius 3 is 2.27 bits per heavy atom. The van der Waals surface area contributed by atoms with E-state index in [2.05, 4.69) is 5.32 Å². The van der Waals surface area contributed by atoms with E-state index in [4.69, 9.17) is 14.2 Å². The number of methoxy groups -OCH3 is 3. The number of benzene rings is 2. The van der Waals surface area contributed by atoms with Crippen LogP contribution in [-0.2, 0) is 4.79 Å². The molecule has 0 aliphatic heterocycles. The van der Waals surface area contributed by atoms with Gasteiger partial charge in [0, 0.05) is 6.08 Å². The quantitative estimate of drug-likeness (QED) is 0.728. The molecule has 0 aliphatic rings. The van der Waals surface area contributed by atoms with Crippen molar-refractivity contribution >= 4 is 12.0 Å². The van der Waals surface area contributed by atoms with Crippen LogP contribution < -0.4 is 19.5 Å². The van der Waals surface area contributed by atoms with Gasteiger partial charge in [0.2, 0.25) is 5.91 Å². The minimum atomic E-state index is -0.151. The largest absolute Gasteiger partial charge is 0.497 e. The van der Waals surface area contributed by atoms with Crippen molar-refractivity contribution in [3.05, 3.63) is 59.7 Å². The predicted octanol–water partition coefficient (Wildman–Crippen LogP) is 3.99. The van der Waals surface area contributed by atoms with Crippen molar-refractivity contribution in [2.24, 2.45) is 0 Å². The van der Waals surface area contributed by atoms with Crippen molar-refractivity contribution < 1.29 is 19.0 Å². The van der Waals surface area contributed by atoms with E-state index in [0.29, 0.717) is 11.5 Å². The van der Waals surface area contributed by atoms with Crippen molar-refractivity contribution in [2.75, 3.05) is 21.3 Å². The average molecular weight is 355 g/mol. The van der Waals surface area contributed by atoms with Crippen LogP contribution in [0.3, 0.4) is 0 Å². The Bertz CT molecular complexity index is 753. The van der Waals surface area contributed by atoms with Crippen LogP contribution in [0, 0.1) is 0 Å². The Hall–Kier alpha value is -2.95. The Morgan fingerprint density at radius 1 is 1.00 bits per heavy atom. The summed E-state index contributed by atoms with van der Waals surface area (Å²) in [5, 5.41) is 3.02. The molecule has 0 radical (unpaired) electrons. The third kappa shape index (κ3) is 5.02. The average Bonchev–Trinajstić information content (AvgIpc) is 2.70. The van der Waals surface area contributed by atoms with Crippen LogP contribution in [0.5, 0.6) is 17.2 Å². The molecule has 1 N–H and O–H groups in total. The zero-order valence-corrected chi connectivity index (χ0v) is 15.6. The summed E-state index contributed by atoms with van der Waals surface area (Å²) in [6.07, 6.45) is 4.06. The summed E-state index contributed by atoms with van der Waals surface area (Å²) < 4.78 is 15.7. The topological polar surface area (TPSA) is 56.8 Å². The first-order chi connectivity index (χ1) is 12.6. The molecule has 1 atom stereocenters. The van der Waals surface area contributed by atoms with Gasteiger partial charge in [-0.05, 0) is 47.9 Å². The number of ether oxygens (including phenoxy) is 3. The lowest BCUT2D eigenvalue weighted by molar-refractivity contribution is -0.117. The molecule has 5 nitrogen and oxygen atoms in total. The number of carbonyl (C=O) groups is 1. The number of amides is 1. The molecule has 2 aromatic rings. The van der Waals surface area contributed by atoms with Crippen LogP contribution in [0.2, 0.25) is 0 Å². The summed E-state index contributed by atoms with van der Waals surface area (Å²) >= 11 is 0. The van der Waals surface area contributed by atoms with Crippen molar-refractivity contribution in [1.29, 1.82) is 0 Å². The highest BCUT2D eigenvalue weighted by atomic mass is 16.5. The van der Waals surface area contributed by atoms with Crippen LogP contribution >= 0.6 is 0 Å². The van der Waals surface area contributed by atoms with Crippen LogP contribution in [0.25, 0.3) is 6.08 Å². The molecule has 2 rings (SSSR count). The van der Waals surface area contributed by atoms with Crippen molar-refractivity contribution in [3.63, 3.8) is 0 Å². The smallest absolute Gasteiger partial charge is 0.244 e. The van der Waals surface area contributed by atoms with Crippen LogP contribution in [0.15, 0.2) is 48.5 Å². The molecule has 1 amide bonds. The minimum absolute atomic E-state index is 0.0524. The van der Waals surface area contributed by atoms with Crippen LogP contribution in [-0.4, -0.2) is 27.2 Å². The molecular formula is C21H25NO4. The maximum Gasteiger partial charge on any atom is 0.244 e. The highest BCUT2D eigenvalue weighted by Gasteiger charge is 2.11. The number of carbonyl (C=O) groups excluding carboxylic acids is 1. The van der Waals surface area contributed by atoms with Gasteiger partial charge in [-0.25, -0.2) is 0 Å². The summed E-state index contributed by atoms with van der Waals surface area (Å²) in [6, 6.07) is 13.2. The van der Waals surface area contributed by atoms with E-state index in [9.17, 15) is 4.79 Å². The van der Waals surface area contributed by atoms with Gasteiger partial charge in [0.15, 0.2) is 11.5 Å². The molecule has 5 heteroatoms. The van der Waals surface area contributed by atoms with Gasteiger partial charge in [0.05, 0.1) is 27.4 Å². The highest BCUT2D eigenvalue weighted by Crippen LogP contribution is 2.28. The summed E-state index contributed by atoms with van der Waals surface area (Å²) in [5.41, 5.74) is 1.90. The molecule has 0 fully saturated rings. The van der Waals surface area contributed by atoms with Gasteiger partial charge < -0.3 is 19.5 Å². The van der Waals surface area contributed by atoms with Gasteiger partial charge in [0.25, 0.3) is 0 Å². The Labute approximate surface area is 154 Å². The molecule has 0 heterocycles. The summed E-state index contributed by atoms with van der Waals surface area (Å²) in [7, 11) is 4.80. The molecule has 1 unspecified atom stereocenters. The lowest BCUT2D eigenvalue weighted by Crippen LogP contribution is -2.26. The van der Waals surface area contributed by atoms with Gasteiger partial charge in [-0.2, -0.15) is 0 Å². The monoisotopic (exact) mass is 355 g/mol. The van der Waals surface area contributed by atoms with E-state index < -0.39 is 0 Å². The highest BCUT2D eigenvalue weighted by molar-refractivity contribution is 5.92. The third-order valence-corrected chi connectivity index (χ3v) is 4.08. The van der Waals surface area contributed by atoms with Crippen molar-refractivity contribution in [3.8, 4) is 17.2 Å². The number of hydrogen-bond donors (Lipinski definition) is 1. The summed E-state index contributed by atoms with van der Waals surface area (Å²) in [5.74, 6) is 1.92. The molecule has 26 heavy (non-hydrogen) atoms. The third-order valence-electron chi connectivity index (χ3n) is 4.08. The summed E-state index contributed by atoms with van der Waals surface area (Å²) in [6.45, 7) is 2.03. The maximum absolute atomic E-state index is 12.3. The molecule has 0 aliphatic carbocycles. The lowest BCUT2D eigenvalue weighted by Gasteiger charge is -2.16. The van der Waals surface area contributed by atoms with Gasteiger partial charge in [0.1, 0.15) is 5.75 Å². The van der Waals surface area contributed by atoms with Gasteiger partial charge in [-0.3, -0.25) is 4.79 Å². The SMILES string of the molecule is CCC(NC(=O)/C=C/c1ccc(OC)c(OC)c1)c1ccc(OC)cc1. The molecule has 0 spiro atoms. The van der Waals surface area contributed by atoms with Gasteiger partial charge in [-0.1, -0.05) is 25.1 Å². The van der Waals surface area contributed by atoms with E-state index in [0.717, 1.165) is 23.3 Å². The second-order valence-corrected chi connectivity index (χ2v) is 5.69. The normalized spacial score (nSPS) is 11.8. The first kappa shape index (κ1) is 19.4. The van der Waals surface area contributed by atoms with Crippen molar-refractivity contribution in [1.82, 2.24) is 5.32 Å². The number of nitrogens with one attached hydrogen (secondary N) is 1. The molecule has 0 saturated carbocycles. The van der Waals surface area contributed by atoms with Gasteiger partial charge in [-0.15, -0.1) is 0 Å². The molecule has 138 valence electrons. The fourth-order valence-corrected chi connectivity index (χ4v) is 2.61. The Balaban J connectivity index is 2.04. The zero-order valence-electron chi connectivity index (χ0n) is 15.6. The fourth-order valence-electron chi connectivity index (χ4n) is 2.61. The fraction of sp³-hybridized carbons (Fsp3) is 0.286.